The van der Waals surface area contributed by atoms with Crippen LogP contribution in [0.15, 0.2) is 41.8 Å². The van der Waals surface area contributed by atoms with Gasteiger partial charge in [0.2, 0.25) is 0 Å². The number of carbonyl (C=O) groups excluding carboxylic acids is 1. The van der Waals surface area contributed by atoms with Gasteiger partial charge in [-0.2, -0.15) is 0 Å². The van der Waals surface area contributed by atoms with E-state index in [1.54, 1.807) is 16.0 Å². The van der Waals surface area contributed by atoms with Crippen molar-refractivity contribution in [1.29, 1.82) is 0 Å². The van der Waals surface area contributed by atoms with Crippen LogP contribution in [-0.2, 0) is 9.53 Å². The molecule has 4 rings (SSSR count). The number of ether oxygens (including phenoxy) is 1. The zero-order chi connectivity index (χ0) is 16.5. The molecule has 1 aliphatic heterocycles. The van der Waals surface area contributed by atoms with Gasteiger partial charge in [-0.25, -0.2) is 4.68 Å². The Hall–Kier alpha value is -2.25. The second-order valence-corrected chi connectivity index (χ2v) is 6.64. The molecule has 6 nitrogen and oxygen atoms in total. The van der Waals surface area contributed by atoms with Crippen LogP contribution < -0.4 is 0 Å². The Morgan fingerprint density at radius 1 is 1.21 bits per heavy atom. The maximum Gasteiger partial charge on any atom is 0.250 e. The van der Waals surface area contributed by atoms with Gasteiger partial charge in [-0.3, -0.25) is 4.79 Å². The fraction of sp³-hybridized carbons (Fsp3) is 0.353. The first-order valence-corrected chi connectivity index (χ1v) is 8.90. The number of hydrogen-bond donors (Lipinski definition) is 0. The minimum Gasteiger partial charge on any atom is -0.380 e. The number of likely N-dealkylation sites (tertiary alicyclic amines) is 1. The van der Waals surface area contributed by atoms with E-state index in [0.717, 1.165) is 15.9 Å². The third-order valence-corrected chi connectivity index (χ3v) is 5.27. The Balaban J connectivity index is 1.68. The van der Waals surface area contributed by atoms with Crippen molar-refractivity contribution in [3.63, 3.8) is 0 Å². The predicted octanol–water partition coefficient (Wildman–Crippen LogP) is 2.65. The number of amides is 1. The van der Waals surface area contributed by atoms with Crippen LogP contribution in [0.1, 0.15) is 23.9 Å². The molecule has 3 heterocycles. The Labute approximate surface area is 143 Å². The lowest BCUT2D eigenvalue weighted by Gasteiger charge is -2.46. The van der Waals surface area contributed by atoms with Gasteiger partial charge in [0, 0.05) is 18.0 Å². The first kappa shape index (κ1) is 15.3. The van der Waals surface area contributed by atoms with Gasteiger partial charge in [0.1, 0.15) is 5.52 Å². The normalized spacial score (nSPS) is 20.5. The van der Waals surface area contributed by atoms with Crippen molar-refractivity contribution in [3.8, 4) is 0 Å². The highest BCUT2D eigenvalue weighted by atomic mass is 32.1. The summed E-state index contributed by atoms with van der Waals surface area (Å²) in [5.41, 5.74) is 1.70. The number of β-lactam (4-membered cyclic amide) rings is 1. The number of aromatic nitrogens is 3. The summed E-state index contributed by atoms with van der Waals surface area (Å²) in [4.78, 5) is 15.8. The van der Waals surface area contributed by atoms with E-state index >= 15 is 0 Å². The van der Waals surface area contributed by atoms with E-state index in [-0.39, 0.29) is 18.0 Å². The van der Waals surface area contributed by atoms with E-state index < -0.39 is 0 Å². The molecule has 1 aliphatic rings. The second kappa shape index (κ2) is 6.33. The Kier molecular flexibility index (Phi) is 4.03. The number of carbonyl (C=O) groups is 1. The van der Waals surface area contributed by atoms with Crippen LogP contribution in [0.4, 0.5) is 0 Å². The lowest BCUT2D eigenvalue weighted by molar-refractivity contribution is -0.156. The molecular formula is C17H18N4O2S. The van der Waals surface area contributed by atoms with E-state index in [2.05, 4.69) is 16.4 Å². The second-order valence-electron chi connectivity index (χ2n) is 5.66. The molecule has 1 amide bonds. The minimum atomic E-state index is -0.335. The van der Waals surface area contributed by atoms with Crippen molar-refractivity contribution in [2.24, 2.45) is 0 Å². The van der Waals surface area contributed by atoms with Crippen molar-refractivity contribution in [2.45, 2.75) is 19.0 Å². The third kappa shape index (κ3) is 2.40. The van der Waals surface area contributed by atoms with Gasteiger partial charge in [0.25, 0.3) is 5.91 Å². The van der Waals surface area contributed by atoms with Crippen LogP contribution in [0.25, 0.3) is 11.0 Å². The molecule has 1 fully saturated rings. The fourth-order valence-corrected chi connectivity index (χ4v) is 4.05. The van der Waals surface area contributed by atoms with Crippen molar-refractivity contribution >= 4 is 28.3 Å². The van der Waals surface area contributed by atoms with E-state index in [1.807, 2.05) is 47.5 Å². The zero-order valence-corrected chi connectivity index (χ0v) is 14.1. The monoisotopic (exact) mass is 342 g/mol. The standard InChI is InChI=1S/C17H18N4O2S/c1-2-23-10-9-20-15(14-8-5-11-24-14)16(17(20)22)21-13-7-4-3-6-12(13)18-19-21/h3-8,11,15-16H,2,9-10H2,1H3/t15-,16+/m0/s1. The number of para-hydroxylation sites is 1. The van der Waals surface area contributed by atoms with Crippen molar-refractivity contribution in [2.75, 3.05) is 19.8 Å². The average molecular weight is 342 g/mol. The summed E-state index contributed by atoms with van der Waals surface area (Å²) in [6, 6.07) is 11.5. The van der Waals surface area contributed by atoms with Crippen LogP contribution in [0.5, 0.6) is 0 Å². The summed E-state index contributed by atoms with van der Waals surface area (Å²) >= 11 is 1.66. The first-order chi connectivity index (χ1) is 11.8. The molecule has 2 aromatic heterocycles. The Bertz CT molecular complexity index is 845. The van der Waals surface area contributed by atoms with Crippen LogP contribution in [0.2, 0.25) is 0 Å². The van der Waals surface area contributed by atoms with E-state index in [9.17, 15) is 4.79 Å². The molecule has 0 unspecified atom stereocenters. The molecule has 1 aromatic carbocycles. The first-order valence-electron chi connectivity index (χ1n) is 8.03. The molecule has 3 aromatic rings. The number of thiophene rings is 1. The molecule has 0 bridgehead atoms. The molecule has 2 atom stereocenters. The number of benzene rings is 1. The predicted molar refractivity (Wildman–Crippen MR) is 91.8 cm³/mol. The highest BCUT2D eigenvalue weighted by molar-refractivity contribution is 7.10. The summed E-state index contributed by atoms with van der Waals surface area (Å²) < 4.78 is 7.19. The van der Waals surface area contributed by atoms with Crippen molar-refractivity contribution < 1.29 is 9.53 Å². The van der Waals surface area contributed by atoms with Gasteiger partial charge in [-0.15, -0.1) is 16.4 Å². The number of rotatable bonds is 6. The van der Waals surface area contributed by atoms with Gasteiger partial charge in [0.05, 0.1) is 18.2 Å². The molecule has 0 saturated carbocycles. The lowest BCUT2D eigenvalue weighted by atomic mass is 9.93. The molecule has 0 spiro atoms. The van der Waals surface area contributed by atoms with Gasteiger partial charge in [-0.05, 0) is 30.5 Å². The highest BCUT2D eigenvalue weighted by Crippen LogP contribution is 2.45. The topological polar surface area (TPSA) is 60.2 Å². The molecule has 124 valence electrons. The van der Waals surface area contributed by atoms with Gasteiger partial charge < -0.3 is 9.64 Å². The largest absolute Gasteiger partial charge is 0.380 e. The maximum absolute atomic E-state index is 12.8. The minimum absolute atomic E-state index is 0.0111. The summed E-state index contributed by atoms with van der Waals surface area (Å²) in [5.74, 6) is 0.0729. The lowest BCUT2D eigenvalue weighted by Crippen LogP contribution is -2.56. The van der Waals surface area contributed by atoms with Gasteiger partial charge >= 0.3 is 0 Å². The zero-order valence-electron chi connectivity index (χ0n) is 13.3. The molecule has 0 radical (unpaired) electrons. The maximum atomic E-state index is 12.8. The number of nitrogens with zero attached hydrogens (tertiary/aromatic N) is 4. The summed E-state index contributed by atoms with van der Waals surface area (Å²) in [6.07, 6.45) is 0. The van der Waals surface area contributed by atoms with Gasteiger partial charge in [-0.1, -0.05) is 23.4 Å². The van der Waals surface area contributed by atoms with Crippen molar-refractivity contribution in [1.82, 2.24) is 19.9 Å². The van der Waals surface area contributed by atoms with E-state index in [4.69, 9.17) is 4.74 Å². The smallest absolute Gasteiger partial charge is 0.250 e. The highest BCUT2D eigenvalue weighted by Gasteiger charge is 2.50. The van der Waals surface area contributed by atoms with Crippen molar-refractivity contribution in [3.05, 3.63) is 46.7 Å². The Morgan fingerprint density at radius 3 is 2.88 bits per heavy atom. The molecule has 1 saturated heterocycles. The van der Waals surface area contributed by atoms with Crippen LogP contribution in [0.3, 0.4) is 0 Å². The molecule has 0 N–H and O–H groups in total. The van der Waals surface area contributed by atoms with E-state index in [1.165, 1.54) is 0 Å². The van der Waals surface area contributed by atoms with Crippen LogP contribution in [-0.4, -0.2) is 45.6 Å². The number of fused-ring (bicyclic) bond motifs is 1. The summed E-state index contributed by atoms with van der Waals surface area (Å²) in [6.45, 7) is 3.76. The molecule has 7 heteroatoms. The Morgan fingerprint density at radius 2 is 2.08 bits per heavy atom. The molecule has 0 aliphatic carbocycles. The average Bonchev–Trinajstić information content (AvgIpc) is 3.26. The molecule has 24 heavy (non-hydrogen) atoms. The van der Waals surface area contributed by atoms with Crippen LogP contribution in [0, 0.1) is 0 Å². The fourth-order valence-electron chi connectivity index (χ4n) is 3.19. The third-order valence-electron chi connectivity index (χ3n) is 4.33. The number of hydrogen-bond acceptors (Lipinski definition) is 5. The quantitative estimate of drug-likeness (QED) is 0.510. The summed E-state index contributed by atoms with van der Waals surface area (Å²) in [7, 11) is 0. The van der Waals surface area contributed by atoms with Crippen LogP contribution >= 0.6 is 11.3 Å². The summed E-state index contributed by atoms with van der Waals surface area (Å²) in [5, 5.41) is 10.5. The van der Waals surface area contributed by atoms with Gasteiger partial charge in [0.15, 0.2) is 6.04 Å². The SMILES string of the molecule is CCOCCN1C(=O)[C@H](n2nnc3ccccc32)[C@@H]1c1cccs1. The molecular weight excluding hydrogens is 324 g/mol. The van der Waals surface area contributed by atoms with E-state index in [0.29, 0.717) is 19.8 Å².